The van der Waals surface area contributed by atoms with Gasteiger partial charge in [-0.1, -0.05) is 42.1 Å². The molecule has 0 spiro atoms. The summed E-state index contributed by atoms with van der Waals surface area (Å²) in [5.41, 5.74) is 3.22. The first-order valence-electron chi connectivity index (χ1n) is 10.4. The number of hydrogen-bond acceptors (Lipinski definition) is 7. The number of benzene rings is 2. The highest BCUT2D eigenvalue weighted by atomic mass is 35.5. The molecule has 9 heteroatoms. The van der Waals surface area contributed by atoms with Crippen molar-refractivity contribution in [2.75, 3.05) is 26.0 Å². The highest BCUT2D eigenvalue weighted by Crippen LogP contribution is 2.33. The maximum Gasteiger partial charge on any atom is 0.214 e. The van der Waals surface area contributed by atoms with Gasteiger partial charge in [-0.25, -0.2) is 0 Å². The maximum absolute atomic E-state index is 5.79. The Morgan fingerprint density at radius 2 is 2.03 bits per heavy atom. The number of tetrazole rings is 1. The monoisotopic (exact) mass is 475 g/mol. The number of nitrogens with zero attached hydrogens (tertiary/aromatic N) is 4. The number of methoxy groups -OCH3 is 1. The van der Waals surface area contributed by atoms with Crippen LogP contribution in [0, 0.1) is 0 Å². The van der Waals surface area contributed by atoms with Crippen molar-refractivity contribution in [2.24, 2.45) is 0 Å². The van der Waals surface area contributed by atoms with Crippen LogP contribution in [-0.4, -0.2) is 46.2 Å². The molecule has 3 aromatic rings. The Morgan fingerprint density at radius 3 is 2.75 bits per heavy atom. The van der Waals surface area contributed by atoms with Crippen LogP contribution < -0.4 is 14.8 Å². The van der Waals surface area contributed by atoms with Gasteiger partial charge in [-0.05, 0) is 60.5 Å². The minimum Gasteiger partial charge on any atom is -0.493 e. The molecule has 32 heavy (non-hydrogen) atoms. The summed E-state index contributed by atoms with van der Waals surface area (Å²) < 4.78 is 13.1. The molecule has 0 aliphatic heterocycles. The Kier molecular flexibility index (Phi) is 11.1. The first kappa shape index (κ1) is 25.7. The van der Waals surface area contributed by atoms with Crippen LogP contribution in [-0.2, 0) is 13.0 Å². The summed E-state index contributed by atoms with van der Waals surface area (Å²) >= 11 is 1.66. The lowest BCUT2D eigenvalue weighted by Gasteiger charge is -2.16. The molecule has 0 aliphatic carbocycles. The smallest absolute Gasteiger partial charge is 0.214 e. The van der Waals surface area contributed by atoms with Crippen molar-refractivity contribution in [1.29, 1.82) is 0 Å². The number of allylic oxidation sites excluding steroid dienone is 1. The molecule has 172 valence electrons. The van der Waals surface area contributed by atoms with Crippen LogP contribution in [0.4, 0.5) is 0 Å². The van der Waals surface area contributed by atoms with Gasteiger partial charge >= 0.3 is 0 Å². The van der Waals surface area contributed by atoms with E-state index in [2.05, 4.69) is 33.5 Å². The quantitative estimate of drug-likeness (QED) is 0.222. The number of halogens is 1. The first-order valence-corrected chi connectivity index (χ1v) is 11.4. The van der Waals surface area contributed by atoms with E-state index in [4.69, 9.17) is 9.47 Å². The number of hydrogen-bond donors (Lipinski definition) is 1. The van der Waals surface area contributed by atoms with E-state index in [-0.39, 0.29) is 12.4 Å². The van der Waals surface area contributed by atoms with E-state index in [1.165, 1.54) is 0 Å². The zero-order valence-electron chi connectivity index (χ0n) is 18.5. The third-order valence-electron chi connectivity index (χ3n) is 4.56. The van der Waals surface area contributed by atoms with Crippen LogP contribution >= 0.6 is 24.2 Å². The zero-order valence-corrected chi connectivity index (χ0v) is 20.1. The molecular formula is C23H30ClN5O2S. The average Bonchev–Trinajstić information content (AvgIpc) is 3.27. The molecule has 0 saturated carbocycles. The standard InChI is InChI=1S/C23H29N5O2S.ClH/c1-4-10-19-15-18(16-21(29-3)22(19)30-5-2)17-24-13-9-14-31-23-25-26-27-28(23)20-11-7-6-8-12-20;/h4,6-8,11-12,15-16,24H,1,5,9-10,13-14,17H2,2-3H3;1H. The third kappa shape index (κ3) is 6.98. The average molecular weight is 476 g/mol. The Bertz CT molecular complexity index is 968. The van der Waals surface area contributed by atoms with Gasteiger partial charge in [0.1, 0.15) is 0 Å². The van der Waals surface area contributed by atoms with Gasteiger partial charge in [0.15, 0.2) is 11.5 Å². The van der Waals surface area contributed by atoms with Gasteiger partial charge in [-0.3, -0.25) is 0 Å². The molecule has 1 N–H and O–H groups in total. The Balaban J connectivity index is 0.00000363. The van der Waals surface area contributed by atoms with E-state index in [0.29, 0.717) is 6.61 Å². The number of thioether (sulfide) groups is 1. The van der Waals surface area contributed by atoms with E-state index in [0.717, 1.165) is 65.2 Å². The molecule has 2 aromatic carbocycles. The zero-order chi connectivity index (χ0) is 21.9. The lowest BCUT2D eigenvalue weighted by atomic mass is 10.1. The largest absolute Gasteiger partial charge is 0.493 e. The number of para-hydroxylation sites is 1. The topological polar surface area (TPSA) is 74.1 Å². The molecule has 0 saturated heterocycles. The minimum absolute atomic E-state index is 0. The molecule has 0 bridgehead atoms. The Labute approximate surface area is 200 Å². The van der Waals surface area contributed by atoms with Gasteiger partial charge in [0.25, 0.3) is 0 Å². The molecule has 1 aromatic heterocycles. The Hall–Kier alpha value is -2.55. The van der Waals surface area contributed by atoms with Gasteiger partial charge in [0.05, 0.1) is 19.4 Å². The summed E-state index contributed by atoms with van der Waals surface area (Å²) in [6, 6.07) is 14.1. The van der Waals surface area contributed by atoms with E-state index in [9.17, 15) is 0 Å². The summed E-state index contributed by atoms with van der Waals surface area (Å²) in [6.07, 6.45) is 3.63. The normalized spacial score (nSPS) is 10.4. The van der Waals surface area contributed by atoms with E-state index in [1.807, 2.05) is 49.4 Å². The lowest BCUT2D eigenvalue weighted by Crippen LogP contribution is -2.16. The molecule has 7 nitrogen and oxygen atoms in total. The Morgan fingerprint density at radius 1 is 1.22 bits per heavy atom. The van der Waals surface area contributed by atoms with Crippen LogP contribution in [0.15, 0.2) is 60.3 Å². The van der Waals surface area contributed by atoms with Crippen molar-refractivity contribution in [3.8, 4) is 17.2 Å². The van der Waals surface area contributed by atoms with Crippen molar-refractivity contribution < 1.29 is 9.47 Å². The van der Waals surface area contributed by atoms with E-state index in [1.54, 1.807) is 23.6 Å². The molecule has 0 unspecified atom stereocenters. The van der Waals surface area contributed by atoms with Crippen molar-refractivity contribution in [2.45, 2.75) is 31.5 Å². The fraction of sp³-hybridized carbons (Fsp3) is 0.348. The van der Waals surface area contributed by atoms with Gasteiger partial charge in [-0.2, -0.15) is 4.68 Å². The summed E-state index contributed by atoms with van der Waals surface area (Å²) in [4.78, 5) is 0. The van der Waals surface area contributed by atoms with Gasteiger partial charge in [0.2, 0.25) is 5.16 Å². The van der Waals surface area contributed by atoms with Crippen LogP contribution in [0.5, 0.6) is 11.5 Å². The van der Waals surface area contributed by atoms with E-state index < -0.39 is 0 Å². The van der Waals surface area contributed by atoms with Crippen molar-refractivity contribution in [3.63, 3.8) is 0 Å². The molecular weight excluding hydrogens is 446 g/mol. The molecule has 0 radical (unpaired) electrons. The molecule has 0 aliphatic rings. The number of rotatable bonds is 13. The lowest BCUT2D eigenvalue weighted by molar-refractivity contribution is 0.308. The van der Waals surface area contributed by atoms with Gasteiger partial charge in [-0.15, -0.1) is 24.1 Å². The molecule has 1 heterocycles. The highest BCUT2D eigenvalue weighted by Gasteiger charge is 2.12. The summed E-state index contributed by atoms with van der Waals surface area (Å²) in [7, 11) is 1.67. The molecule has 0 amide bonds. The molecule has 0 fully saturated rings. The number of nitrogens with one attached hydrogen (secondary N) is 1. The SMILES string of the molecule is C=CCc1cc(CNCCCSc2nnnn2-c2ccccc2)cc(OC)c1OCC.Cl. The highest BCUT2D eigenvalue weighted by molar-refractivity contribution is 7.99. The predicted octanol–water partition coefficient (Wildman–Crippen LogP) is 4.49. The molecule has 3 rings (SSSR count). The second-order valence-electron chi connectivity index (χ2n) is 6.80. The van der Waals surface area contributed by atoms with Crippen LogP contribution in [0.3, 0.4) is 0 Å². The summed E-state index contributed by atoms with van der Waals surface area (Å²) in [5, 5.41) is 16.3. The third-order valence-corrected chi connectivity index (χ3v) is 5.57. The van der Waals surface area contributed by atoms with Crippen LogP contribution in [0.25, 0.3) is 5.69 Å². The second kappa shape index (κ2) is 13.8. The van der Waals surface area contributed by atoms with Crippen molar-refractivity contribution in [3.05, 3.63) is 66.2 Å². The van der Waals surface area contributed by atoms with Crippen molar-refractivity contribution >= 4 is 24.2 Å². The predicted molar refractivity (Wildman–Crippen MR) is 132 cm³/mol. The fourth-order valence-corrected chi connectivity index (χ4v) is 4.02. The van der Waals surface area contributed by atoms with E-state index >= 15 is 0 Å². The second-order valence-corrected chi connectivity index (χ2v) is 7.86. The maximum atomic E-state index is 5.79. The fourth-order valence-electron chi connectivity index (χ4n) is 3.19. The number of ether oxygens (including phenoxy) is 2. The summed E-state index contributed by atoms with van der Waals surface area (Å²) in [6.45, 7) is 8.09. The summed E-state index contributed by atoms with van der Waals surface area (Å²) in [5.74, 6) is 2.50. The number of aromatic nitrogens is 4. The van der Waals surface area contributed by atoms with Gasteiger partial charge in [0, 0.05) is 17.9 Å². The minimum atomic E-state index is 0. The van der Waals surface area contributed by atoms with Crippen LogP contribution in [0.1, 0.15) is 24.5 Å². The van der Waals surface area contributed by atoms with Crippen molar-refractivity contribution in [1.82, 2.24) is 25.5 Å². The van der Waals surface area contributed by atoms with Crippen LogP contribution in [0.2, 0.25) is 0 Å². The van der Waals surface area contributed by atoms with Gasteiger partial charge < -0.3 is 14.8 Å². The molecule has 0 atom stereocenters. The first-order chi connectivity index (χ1) is 15.3.